The molecular formula is C17H18ClN3O3. The van der Waals surface area contributed by atoms with Crippen LogP contribution >= 0.6 is 11.6 Å². The van der Waals surface area contributed by atoms with Gasteiger partial charge in [0.25, 0.3) is 5.91 Å². The van der Waals surface area contributed by atoms with Crippen LogP contribution in [0.25, 0.3) is 0 Å². The van der Waals surface area contributed by atoms with Gasteiger partial charge in [-0.15, -0.1) is 0 Å². The van der Waals surface area contributed by atoms with Crippen LogP contribution in [-0.4, -0.2) is 47.1 Å². The summed E-state index contributed by atoms with van der Waals surface area (Å²) in [7, 11) is 1.54. The third-order valence-electron chi connectivity index (χ3n) is 3.90. The number of carbonyl (C=O) groups is 1. The summed E-state index contributed by atoms with van der Waals surface area (Å²) in [5, 5.41) is 0.505. The maximum atomic E-state index is 12.8. The zero-order chi connectivity index (χ0) is 16.9. The van der Waals surface area contributed by atoms with Gasteiger partial charge < -0.3 is 14.4 Å². The Balaban J connectivity index is 1.72. The molecule has 3 rings (SSSR count). The number of methoxy groups -OCH3 is 1. The molecule has 0 saturated carbocycles. The summed E-state index contributed by atoms with van der Waals surface area (Å²) in [6.07, 6.45) is 4.72. The van der Waals surface area contributed by atoms with E-state index in [1.807, 2.05) is 0 Å². The normalized spacial score (nSPS) is 17.4. The lowest BCUT2D eigenvalue weighted by Crippen LogP contribution is -2.44. The topological polar surface area (TPSA) is 64.5 Å². The zero-order valence-electron chi connectivity index (χ0n) is 13.3. The van der Waals surface area contributed by atoms with E-state index in [9.17, 15) is 4.79 Å². The Morgan fingerprint density at radius 1 is 1.38 bits per heavy atom. The number of hydrogen-bond donors (Lipinski definition) is 0. The summed E-state index contributed by atoms with van der Waals surface area (Å²) < 4.78 is 11.1. The molecule has 6 nitrogen and oxygen atoms in total. The van der Waals surface area contributed by atoms with Crippen LogP contribution in [0.2, 0.25) is 5.02 Å². The highest BCUT2D eigenvalue weighted by molar-refractivity contribution is 6.31. The molecule has 0 aliphatic carbocycles. The Labute approximate surface area is 145 Å². The number of hydrogen-bond acceptors (Lipinski definition) is 5. The molecule has 2 heterocycles. The lowest BCUT2D eigenvalue weighted by atomic mass is 10.1. The summed E-state index contributed by atoms with van der Waals surface area (Å²) in [6, 6.07) is 6.75. The molecule has 1 amide bonds. The number of likely N-dealkylation sites (tertiary alicyclic amines) is 1. The largest absolute Gasteiger partial charge is 0.496 e. The van der Waals surface area contributed by atoms with Crippen LogP contribution < -0.4 is 9.47 Å². The summed E-state index contributed by atoms with van der Waals surface area (Å²) >= 11 is 6.03. The summed E-state index contributed by atoms with van der Waals surface area (Å²) in [6.45, 7) is 1.18. The number of ether oxygens (including phenoxy) is 2. The fourth-order valence-electron chi connectivity index (χ4n) is 2.76. The van der Waals surface area contributed by atoms with Gasteiger partial charge in [-0.25, -0.2) is 9.97 Å². The molecule has 7 heteroatoms. The van der Waals surface area contributed by atoms with Gasteiger partial charge in [-0.05, 0) is 31.0 Å². The highest BCUT2D eigenvalue weighted by Crippen LogP contribution is 2.26. The molecule has 1 aromatic carbocycles. The number of benzene rings is 1. The van der Waals surface area contributed by atoms with Crippen LogP contribution in [0.15, 0.2) is 36.8 Å². The summed E-state index contributed by atoms with van der Waals surface area (Å²) in [5.74, 6) is 0.929. The van der Waals surface area contributed by atoms with E-state index >= 15 is 0 Å². The van der Waals surface area contributed by atoms with Crippen molar-refractivity contribution in [1.82, 2.24) is 14.9 Å². The van der Waals surface area contributed by atoms with E-state index < -0.39 is 0 Å². The first-order chi connectivity index (χ1) is 11.7. The SMILES string of the molecule is COc1ccc(Cl)cc1C(=O)N1CCC[C@H](Oc2ccncn2)C1. The highest BCUT2D eigenvalue weighted by Gasteiger charge is 2.27. The molecular weight excluding hydrogens is 330 g/mol. The second kappa shape index (κ2) is 7.49. The second-order valence-electron chi connectivity index (χ2n) is 5.53. The Morgan fingerprint density at radius 2 is 2.25 bits per heavy atom. The molecule has 0 spiro atoms. The molecule has 24 heavy (non-hydrogen) atoms. The van der Waals surface area contributed by atoms with Crippen molar-refractivity contribution in [2.24, 2.45) is 0 Å². The molecule has 1 aliphatic heterocycles. The van der Waals surface area contributed by atoms with Crippen molar-refractivity contribution in [3.05, 3.63) is 47.4 Å². The Morgan fingerprint density at radius 3 is 3.00 bits per heavy atom. The predicted molar refractivity (Wildman–Crippen MR) is 89.6 cm³/mol. The van der Waals surface area contributed by atoms with Gasteiger partial charge in [0.2, 0.25) is 5.88 Å². The third kappa shape index (κ3) is 3.76. The van der Waals surface area contributed by atoms with E-state index in [-0.39, 0.29) is 12.0 Å². The lowest BCUT2D eigenvalue weighted by Gasteiger charge is -2.33. The Hall–Kier alpha value is -2.34. The number of halogens is 1. The van der Waals surface area contributed by atoms with Crippen LogP contribution in [0, 0.1) is 0 Å². The number of rotatable bonds is 4. The standard InChI is InChI=1S/C17H18ClN3O3/c1-23-15-5-4-12(18)9-14(15)17(22)21-8-2-3-13(10-21)24-16-6-7-19-11-20-16/h4-7,9,11,13H,2-3,8,10H2,1H3/t13-/m0/s1. The number of nitrogens with zero attached hydrogens (tertiary/aromatic N) is 3. The van der Waals surface area contributed by atoms with Crippen LogP contribution in [0.5, 0.6) is 11.6 Å². The second-order valence-corrected chi connectivity index (χ2v) is 5.96. The van der Waals surface area contributed by atoms with E-state index in [2.05, 4.69) is 9.97 Å². The number of amides is 1. The zero-order valence-corrected chi connectivity index (χ0v) is 14.1. The Bertz CT molecular complexity index is 711. The molecule has 0 unspecified atom stereocenters. The molecule has 1 atom stereocenters. The molecule has 0 N–H and O–H groups in total. The number of carbonyl (C=O) groups excluding carboxylic acids is 1. The van der Waals surface area contributed by atoms with Crippen molar-refractivity contribution in [1.29, 1.82) is 0 Å². The van der Waals surface area contributed by atoms with E-state index in [0.717, 1.165) is 12.8 Å². The lowest BCUT2D eigenvalue weighted by molar-refractivity contribution is 0.0524. The average Bonchev–Trinajstić information content (AvgIpc) is 2.62. The first-order valence-electron chi connectivity index (χ1n) is 7.73. The minimum atomic E-state index is -0.106. The van der Waals surface area contributed by atoms with E-state index in [4.69, 9.17) is 21.1 Å². The Kier molecular flexibility index (Phi) is 5.15. The third-order valence-corrected chi connectivity index (χ3v) is 4.13. The van der Waals surface area contributed by atoms with Gasteiger partial charge >= 0.3 is 0 Å². The number of piperidine rings is 1. The molecule has 1 fully saturated rings. The van der Waals surface area contributed by atoms with Crippen molar-refractivity contribution in [2.75, 3.05) is 20.2 Å². The highest BCUT2D eigenvalue weighted by atomic mass is 35.5. The van der Waals surface area contributed by atoms with Gasteiger partial charge in [-0.1, -0.05) is 11.6 Å². The fourth-order valence-corrected chi connectivity index (χ4v) is 2.93. The maximum absolute atomic E-state index is 12.8. The van der Waals surface area contributed by atoms with Crippen molar-refractivity contribution >= 4 is 17.5 Å². The molecule has 0 radical (unpaired) electrons. The van der Waals surface area contributed by atoms with E-state index in [1.54, 1.807) is 35.4 Å². The number of aromatic nitrogens is 2. The predicted octanol–water partition coefficient (Wildman–Crippen LogP) is 2.82. The van der Waals surface area contributed by atoms with Gasteiger partial charge in [-0.3, -0.25) is 4.79 Å². The van der Waals surface area contributed by atoms with Crippen LogP contribution in [-0.2, 0) is 0 Å². The van der Waals surface area contributed by atoms with Gasteiger partial charge in [0, 0.05) is 23.8 Å². The minimum absolute atomic E-state index is 0.0946. The van der Waals surface area contributed by atoms with Gasteiger partial charge in [-0.2, -0.15) is 0 Å². The van der Waals surface area contributed by atoms with E-state index in [0.29, 0.717) is 35.3 Å². The molecule has 126 valence electrons. The van der Waals surface area contributed by atoms with E-state index in [1.165, 1.54) is 13.4 Å². The van der Waals surface area contributed by atoms with Gasteiger partial charge in [0.1, 0.15) is 18.2 Å². The maximum Gasteiger partial charge on any atom is 0.257 e. The van der Waals surface area contributed by atoms with Crippen molar-refractivity contribution < 1.29 is 14.3 Å². The van der Waals surface area contributed by atoms with Gasteiger partial charge in [0.15, 0.2) is 0 Å². The van der Waals surface area contributed by atoms with Crippen LogP contribution in [0.1, 0.15) is 23.2 Å². The molecule has 2 aromatic rings. The molecule has 1 aliphatic rings. The average molecular weight is 348 g/mol. The smallest absolute Gasteiger partial charge is 0.257 e. The molecule has 1 saturated heterocycles. The molecule has 1 aromatic heterocycles. The first kappa shape index (κ1) is 16.5. The minimum Gasteiger partial charge on any atom is -0.496 e. The quantitative estimate of drug-likeness (QED) is 0.851. The summed E-state index contributed by atoms with van der Waals surface area (Å²) in [5.41, 5.74) is 0.465. The fraction of sp³-hybridized carbons (Fsp3) is 0.353. The van der Waals surface area contributed by atoms with Gasteiger partial charge in [0.05, 0.1) is 19.2 Å². The van der Waals surface area contributed by atoms with Crippen LogP contribution in [0.4, 0.5) is 0 Å². The van der Waals surface area contributed by atoms with Crippen LogP contribution in [0.3, 0.4) is 0 Å². The van der Waals surface area contributed by atoms with Crippen molar-refractivity contribution in [3.63, 3.8) is 0 Å². The molecule has 0 bridgehead atoms. The van der Waals surface area contributed by atoms with Crippen molar-refractivity contribution in [2.45, 2.75) is 18.9 Å². The monoisotopic (exact) mass is 347 g/mol. The first-order valence-corrected chi connectivity index (χ1v) is 8.10. The van der Waals surface area contributed by atoms with Crippen molar-refractivity contribution in [3.8, 4) is 11.6 Å². The summed E-state index contributed by atoms with van der Waals surface area (Å²) in [4.78, 5) is 22.5.